The van der Waals surface area contributed by atoms with Gasteiger partial charge in [-0.25, -0.2) is 10.2 Å². The van der Waals surface area contributed by atoms with Crippen LogP contribution in [0.2, 0.25) is 0 Å². The molecule has 3 amide bonds. The predicted octanol–water partition coefficient (Wildman–Crippen LogP) is 1.34. The number of aryl methyl sites for hydroxylation is 1. The normalized spacial score (nSPS) is 27.9. The van der Waals surface area contributed by atoms with Crippen molar-refractivity contribution < 1.29 is 14.4 Å². The highest BCUT2D eigenvalue weighted by Crippen LogP contribution is 2.32. The van der Waals surface area contributed by atoms with Gasteiger partial charge in [-0.1, -0.05) is 24.3 Å². The van der Waals surface area contributed by atoms with Crippen LogP contribution < -0.4 is 16.5 Å². The monoisotopic (exact) mass is 461 g/mol. The number of rotatable bonds is 6. The molecule has 1 aromatic rings. The number of Topliss-reactive ketones (excluding diaryl/α,β-unsaturated/α-hetero) is 1. The molecule has 4 atom stereocenters. The van der Waals surface area contributed by atoms with E-state index >= 15 is 0 Å². The van der Waals surface area contributed by atoms with Crippen LogP contribution in [0, 0.1) is 5.92 Å². The van der Waals surface area contributed by atoms with E-state index in [1.54, 1.807) is 16.7 Å². The maximum absolute atomic E-state index is 13.2. The molecule has 0 radical (unpaired) electrons. The van der Waals surface area contributed by atoms with Gasteiger partial charge in [-0.15, -0.1) is 23.5 Å². The third-order valence-electron chi connectivity index (χ3n) is 6.01. The van der Waals surface area contributed by atoms with E-state index in [9.17, 15) is 14.4 Å². The van der Waals surface area contributed by atoms with E-state index in [0.717, 1.165) is 19.3 Å². The molecule has 3 aliphatic rings. The highest BCUT2D eigenvalue weighted by Gasteiger charge is 2.43. The molecule has 10 heteroatoms. The number of benzene rings is 1. The standard InChI is InChI=1S/C21H27N5O3S2/c22-21(29)25-24-9-16-10-30-12-26(16)20(28)18-19(31-11-23-18)17(27)8-13-5-6-14-3-1-2-4-15(14)7-13/h1-4,9,13,16,18-19,23H,5-8,10-12H2,(H3,22,25,29)/t13-,16+,18-,19?/m0/s1. The number of hydrazone groups is 1. The van der Waals surface area contributed by atoms with Crippen molar-refractivity contribution in [1.29, 1.82) is 0 Å². The van der Waals surface area contributed by atoms with Crippen molar-refractivity contribution in [3.63, 3.8) is 0 Å². The Morgan fingerprint density at radius 3 is 2.90 bits per heavy atom. The lowest BCUT2D eigenvalue weighted by molar-refractivity contribution is -0.134. The molecule has 2 saturated heterocycles. The Hall–Kier alpha value is -2.04. The van der Waals surface area contributed by atoms with Crippen molar-refractivity contribution in [2.45, 2.75) is 43.0 Å². The molecule has 2 fully saturated rings. The highest BCUT2D eigenvalue weighted by molar-refractivity contribution is 8.01. The molecular weight excluding hydrogens is 434 g/mol. The van der Waals surface area contributed by atoms with Gasteiger partial charge in [0, 0.05) is 24.3 Å². The van der Waals surface area contributed by atoms with E-state index in [1.165, 1.54) is 29.1 Å². The summed E-state index contributed by atoms with van der Waals surface area (Å²) in [5.41, 5.74) is 9.93. The summed E-state index contributed by atoms with van der Waals surface area (Å²) in [6.07, 6.45) is 5.00. The third kappa shape index (κ3) is 5.24. The van der Waals surface area contributed by atoms with E-state index in [1.807, 2.05) is 0 Å². The van der Waals surface area contributed by atoms with Crippen LogP contribution in [0.3, 0.4) is 0 Å². The van der Waals surface area contributed by atoms with E-state index in [4.69, 9.17) is 5.73 Å². The van der Waals surface area contributed by atoms with Gasteiger partial charge >= 0.3 is 6.03 Å². The second-order valence-electron chi connectivity index (χ2n) is 8.09. The fourth-order valence-electron chi connectivity index (χ4n) is 4.45. The number of hydrogen-bond acceptors (Lipinski definition) is 7. The topological polar surface area (TPSA) is 117 Å². The largest absolute Gasteiger partial charge is 0.350 e. The number of fused-ring (bicyclic) bond motifs is 1. The zero-order chi connectivity index (χ0) is 21.8. The van der Waals surface area contributed by atoms with Gasteiger partial charge in [0.05, 0.1) is 17.2 Å². The van der Waals surface area contributed by atoms with Crippen molar-refractivity contribution in [2.24, 2.45) is 16.8 Å². The Balaban J connectivity index is 1.37. The first-order valence-electron chi connectivity index (χ1n) is 10.4. The quantitative estimate of drug-likeness (QED) is 0.435. The Labute approximate surface area is 190 Å². The third-order valence-corrected chi connectivity index (χ3v) is 8.28. The first-order chi connectivity index (χ1) is 15.0. The lowest BCUT2D eigenvalue weighted by Gasteiger charge is -2.28. The molecule has 0 aromatic heterocycles. The van der Waals surface area contributed by atoms with Crippen LogP contribution in [0.25, 0.3) is 0 Å². The van der Waals surface area contributed by atoms with Crippen LogP contribution in [0.15, 0.2) is 29.4 Å². The molecule has 1 aromatic carbocycles. The number of primary amides is 1. The molecule has 4 rings (SSSR count). The molecular formula is C21H27N5O3S2. The number of carbonyl (C=O) groups is 3. The number of nitrogens with zero attached hydrogens (tertiary/aromatic N) is 2. The number of hydrogen-bond donors (Lipinski definition) is 3. The molecule has 1 unspecified atom stereocenters. The number of nitrogens with one attached hydrogen (secondary N) is 2. The Morgan fingerprint density at radius 1 is 1.29 bits per heavy atom. The maximum atomic E-state index is 13.2. The second-order valence-corrected chi connectivity index (χ2v) is 10.2. The lowest BCUT2D eigenvalue weighted by atomic mass is 9.81. The van der Waals surface area contributed by atoms with E-state index in [2.05, 4.69) is 40.1 Å². The number of urea groups is 1. The molecule has 2 aliphatic heterocycles. The van der Waals surface area contributed by atoms with Crippen molar-refractivity contribution >= 4 is 47.5 Å². The van der Waals surface area contributed by atoms with Gasteiger partial charge in [0.25, 0.3) is 0 Å². The summed E-state index contributed by atoms with van der Waals surface area (Å²) in [5.74, 6) is 2.22. The summed E-state index contributed by atoms with van der Waals surface area (Å²) >= 11 is 3.14. The average Bonchev–Trinajstić information content (AvgIpc) is 3.43. The summed E-state index contributed by atoms with van der Waals surface area (Å²) in [5, 5.41) is 6.67. The van der Waals surface area contributed by atoms with Gasteiger partial charge < -0.3 is 10.6 Å². The Bertz CT molecular complexity index is 880. The minimum atomic E-state index is -0.746. The van der Waals surface area contributed by atoms with E-state index in [0.29, 0.717) is 29.8 Å². The summed E-state index contributed by atoms with van der Waals surface area (Å²) in [6, 6.07) is 6.95. The molecule has 1 aliphatic carbocycles. The van der Waals surface area contributed by atoms with Crippen molar-refractivity contribution in [1.82, 2.24) is 15.6 Å². The van der Waals surface area contributed by atoms with E-state index in [-0.39, 0.29) is 23.0 Å². The average molecular weight is 462 g/mol. The molecule has 0 saturated carbocycles. The number of thioether (sulfide) groups is 2. The minimum Gasteiger partial charge on any atom is -0.350 e. The van der Waals surface area contributed by atoms with Crippen LogP contribution in [-0.2, 0) is 22.4 Å². The zero-order valence-electron chi connectivity index (χ0n) is 17.2. The van der Waals surface area contributed by atoms with Crippen molar-refractivity contribution in [3.8, 4) is 0 Å². The maximum Gasteiger partial charge on any atom is 0.332 e. The van der Waals surface area contributed by atoms with Gasteiger partial charge in [-0.2, -0.15) is 5.10 Å². The highest BCUT2D eigenvalue weighted by atomic mass is 32.2. The molecule has 0 spiro atoms. The van der Waals surface area contributed by atoms with Crippen LogP contribution >= 0.6 is 23.5 Å². The fraction of sp³-hybridized carbons (Fsp3) is 0.524. The number of nitrogens with two attached hydrogens (primary N) is 1. The molecule has 4 N–H and O–H groups in total. The van der Waals surface area contributed by atoms with Crippen molar-refractivity contribution in [3.05, 3.63) is 35.4 Å². The predicted molar refractivity (Wildman–Crippen MR) is 124 cm³/mol. The number of amides is 3. The Morgan fingerprint density at radius 2 is 2.10 bits per heavy atom. The zero-order valence-corrected chi connectivity index (χ0v) is 18.8. The Kier molecular flexibility index (Phi) is 7.19. The van der Waals surface area contributed by atoms with Gasteiger partial charge in [-0.3, -0.25) is 14.9 Å². The summed E-state index contributed by atoms with van der Waals surface area (Å²) in [6.45, 7) is 0. The van der Waals surface area contributed by atoms with E-state index < -0.39 is 12.1 Å². The summed E-state index contributed by atoms with van der Waals surface area (Å²) in [4.78, 5) is 38.9. The molecule has 31 heavy (non-hydrogen) atoms. The van der Waals surface area contributed by atoms with Gasteiger partial charge in [-0.05, 0) is 36.3 Å². The fourth-order valence-corrected chi connectivity index (χ4v) is 6.72. The minimum absolute atomic E-state index is 0.0853. The van der Waals surface area contributed by atoms with Gasteiger partial charge in [0.1, 0.15) is 11.8 Å². The van der Waals surface area contributed by atoms with Crippen LogP contribution in [0.1, 0.15) is 24.0 Å². The second kappa shape index (κ2) is 10.1. The van der Waals surface area contributed by atoms with Crippen LogP contribution in [-0.4, -0.2) is 63.7 Å². The molecule has 166 valence electrons. The van der Waals surface area contributed by atoms with Crippen LogP contribution in [0.4, 0.5) is 4.79 Å². The number of ketones is 1. The summed E-state index contributed by atoms with van der Waals surface area (Å²) < 4.78 is 0. The van der Waals surface area contributed by atoms with Gasteiger partial charge in [0.15, 0.2) is 0 Å². The first kappa shape index (κ1) is 22.2. The molecule has 2 heterocycles. The summed E-state index contributed by atoms with van der Waals surface area (Å²) in [7, 11) is 0. The number of carbonyl (C=O) groups excluding carboxylic acids is 3. The van der Waals surface area contributed by atoms with Crippen LogP contribution in [0.5, 0.6) is 0 Å². The smallest absolute Gasteiger partial charge is 0.332 e. The van der Waals surface area contributed by atoms with Gasteiger partial charge in [0.2, 0.25) is 5.91 Å². The molecule has 0 bridgehead atoms. The van der Waals surface area contributed by atoms with Crippen molar-refractivity contribution in [2.75, 3.05) is 17.5 Å². The SMILES string of the molecule is NC(=O)NN=C[C@@H]1CSCN1C(=O)[C@H]1NCSC1C(=O)C[C@H]1CCc2ccccc2C1. The molecule has 8 nitrogen and oxygen atoms in total. The first-order valence-corrected chi connectivity index (χ1v) is 12.6. The lowest BCUT2D eigenvalue weighted by Crippen LogP contribution is -2.52.